The van der Waals surface area contributed by atoms with Gasteiger partial charge < -0.3 is 33.9 Å². The molecule has 0 atom stereocenters. The van der Waals surface area contributed by atoms with Crippen molar-refractivity contribution in [2.45, 2.75) is 0 Å². The van der Waals surface area contributed by atoms with Crippen molar-refractivity contribution in [2.75, 3.05) is 64.8 Å². The van der Waals surface area contributed by atoms with Crippen LogP contribution in [0.15, 0.2) is 43.0 Å². The van der Waals surface area contributed by atoms with Crippen LogP contribution in [0.1, 0.15) is 0 Å². The predicted molar refractivity (Wildman–Crippen MR) is 129 cm³/mol. The van der Waals surface area contributed by atoms with Crippen molar-refractivity contribution in [1.29, 1.82) is 0 Å². The fourth-order valence-electron chi connectivity index (χ4n) is 4.02. The van der Waals surface area contributed by atoms with Gasteiger partial charge in [-0.3, -0.25) is 0 Å². The number of methoxy groups -OCH3 is 3. The molecule has 1 aliphatic heterocycles. The SMILES string of the molecule is COc1cc(-n2cnc(Nc3nc(N4CCN(C)CC4)nn4cccc34)c2)cc(OC)c1OC. The van der Waals surface area contributed by atoms with Crippen molar-refractivity contribution >= 4 is 23.1 Å². The van der Waals surface area contributed by atoms with Crippen molar-refractivity contribution in [2.24, 2.45) is 0 Å². The average molecular weight is 465 g/mol. The summed E-state index contributed by atoms with van der Waals surface area (Å²) in [6, 6.07) is 7.67. The number of fused-ring (bicyclic) bond motifs is 1. The topological polar surface area (TPSA) is 94.2 Å². The second-order valence-electron chi connectivity index (χ2n) is 8.06. The summed E-state index contributed by atoms with van der Waals surface area (Å²) >= 11 is 0. The zero-order valence-electron chi connectivity index (χ0n) is 19.7. The molecule has 4 aromatic rings. The zero-order valence-corrected chi connectivity index (χ0v) is 19.7. The largest absolute Gasteiger partial charge is 0.493 e. The fraction of sp³-hybridized carbons (Fsp3) is 0.348. The first-order valence-corrected chi connectivity index (χ1v) is 11.0. The van der Waals surface area contributed by atoms with Crippen LogP contribution in [0.5, 0.6) is 17.2 Å². The number of hydrogen-bond donors (Lipinski definition) is 1. The Bertz CT molecular complexity index is 1270. The molecule has 4 heterocycles. The third-order valence-corrected chi connectivity index (χ3v) is 5.94. The van der Waals surface area contributed by atoms with Gasteiger partial charge in [-0.2, -0.15) is 4.98 Å². The van der Waals surface area contributed by atoms with Crippen LogP contribution >= 0.6 is 0 Å². The van der Waals surface area contributed by atoms with Crippen molar-refractivity contribution in [3.63, 3.8) is 0 Å². The van der Waals surface area contributed by atoms with E-state index in [-0.39, 0.29) is 0 Å². The molecule has 0 bridgehead atoms. The molecule has 11 nitrogen and oxygen atoms in total. The average Bonchev–Trinajstić information content (AvgIpc) is 3.53. The Morgan fingerprint density at radius 1 is 0.971 bits per heavy atom. The summed E-state index contributed by atoms with van der Waals surface area (Å²) in [5, 5.41) is 8.06. The van der Waals surface area contributed by atoms with Gasteiger partial charge in [0.1, 0.15) is 17.7 Å². The summed E-state index contributed by atoms with van der Waals surface area (Å²) in [5.41, 5.74) is 1.70. The molecule has 1 N–H and O–H groups in total. The molecule has 0 aliphatic carbocycles. The molecule has 1 aromatic carbocycles. The van der Waals surface area contributed by atoms with E-state index in [1.807, 2.05) is 45.7 Å². The second-order valence-corrected chi connectivity index (χ2v) is 8.06. The number of anilines is 3. The van der Waals surface area contributed by atoms with Gasteiger partial charge in [-0.25, -0.2) is 9.50 Å². The van der Waals surface area contributed by atoms with Crippen LogP contribution in [-0.2, 0) is 0 Å². The number of aromatic nitrogens is 5. The van der Waals surface area contributed by atoms with Crippen LogP contribution in [0.25, 0.3) is 11.2 Å². The summed E-state index contributed by atoms with van der Waals surface area (Å²) in [4.78, 5) is 13.9. The zero-order chi connectivity index (χ0) is 23.7. The van der Waals surface area contributed by atoms with Gasteiger partial charge in [0.25, 0.3) is 0 Å². The van der Waals surface area contributed by atoms with E-state index in [0.717, 1.165) is 37.4 Å². The lowest BCUT2D eigenvalue weighted by Gasteiger charge is -2.32. The van der Waals surface area contributed by atoms with Crippen LogP contribution in [0, 0.1) is 0 Å². The van der Waals surface area contributed by atoms with Gasteiger partial charge in [0.05, 0.1) is 33.2 Å². The monoisotopic (exact) mass is 464 g/mol. The van der Waals surface area contributed by atoms with E-state index in [0.29, 0.717) is 34.8 Å². The summed E-state index contributed by atoms with van der Waals surface area (Å²) in [6.45, 7) is 3.74. The number of nitrogens with one attached hydrogen (secondary N) is 1. The molecule has 1 saturated heterocycles. The van der Waals surface area contributed by atoms with Gasteiger partial charge in [0.15, 0.2) is 17.3 Å². The van der Waals surface area contributed by atoms with E-state index in [4.69, 9.17) is 24.3 Å². The Labute approximate surface area is 197 Å². The molecule has 0 spiro atoms. The molecular weight excluding hydrogens is 436 g/mol. The molecule has 5 rings (SSSR count). The standard InChI is InChI=1S/C23H28N8O3/c1-28-8-10-29(11-9-28)23-26-22(17-6-5-7-31(17)27-23)25-20-14-30(15-24-20)16-12-18(32-2)21(34-4)19(13-16)33-3/h5-7,12-15H,8-11H2,1-4H3,(H,25,26,27). The maximum atomic E-state index is 5.48. The Balaban J connectivity index is 1.45. The lowest BCUT2D eigenvalue weighted by molar-refractivity contribution is 0.310. The molecule has 0 amide bonds. The lowest BCUT2D eigenvalue weighted by Crippen LogP contribution is -2.45. The Morgan fingerprint density at radius 3 is 2.38 bits per heavy atom. The summed E-state index contributed by atoms with van der Waals surface area (Å²) in [5.74, 6) is 3.73. The minimum absolute atomic E-state index is 0.542. The number of ether oxygens (including phenoxy) is 3. The minimum Gasteiger partial charge on any atom is -0.493 e. The first kappa shape index (κ1) is 21.8. The van der Waals surface area contributed by atoms with Crippen molar-refractivity contribution in [1.82, 2.24) is 29.0 Å². The molecule has 34 heavy (non-hydrogen) atoms. The van der Waals surface area contributed by atoms with E-state index in [1.54, 1.807) is 27.7 Å². The van der Waals surface area contributed by atoms with Crippen LogP contribution < -0.4 is 24.4 Å². The lowest BCUT2D eigenvalue weighted by atomic mass is 10.2. The normalized spacial score (nSPS) is 14.4. The molecule has 0 radical (unpaired) electrons. The highest BCUT2D eigenvalue weighted by molar-refractivity contribution is 5.73. The Kier molecular flexibility index (Phi) is 5.84. The molecule has 178 valence electrons. The van der Waals surface area contributed by atoms with E-state index >= 15 is 0 Å². The number of benzene rings is 1. The number of nitrogens with zero attached hydrogens (tertiary/aromatic N) is 7. The third-order valence-electron chi connectivity index (χ3n) is 5.94. The van der Waals surface area contributed by atoms with Gasteiger partial charge in [-0.15, -0.1) is 5.10 Å². The maximum Gasteiger partial charge on any atom is 0.245 e. The number of hydrogen-bond acceptors (Lipinski definition) is 9. The molecule has 0 saturated carbocycles. The van der Waals surface area contributed by atoms with Gasteiger partial charge >= 0.3 is 0 Å². The Hall–Kier alpha value is -3.99. The van der Waals surface area contributed by atoms with Gasteiger partial charge in [0.2, 0.25) is 11.7 Å². The molecule has 1 aliphatic rings. The van der Waals surface area contributed by atoms with Crippen LogP contribution in [-0.4, -0.2) is 83.6 Å². The number of likely N-dealkylation sites (N-methyl/N-ethyl adjacent to an activating group) is 1. The first-order chi connectivity index (χ1) is 16.6. The van der Waals surface area contributed by atoms with Crippen LogP contribution in [0.3, 0.4) is 0 Å². The predicted octanol–water partition coefficient (Wildman–Crippen LogP) is 2.44. The highest BCUT2D eigenvalue weighted by Gasteiger charge is 2.19. The highest BCUT2D eigenvalue weighted by atomic mass is 16.5. The Morgan fingerprint density at radius 2 is 1.71 bits per heavy atom. The summed E-state index contributed by atoms with van der Waals surface area (Å²) < 4.78 is 20.1. The van der Waals surface area contributed by atoms with Crippen molar-refractivity contribution in [3.05, 3.63) is 43.0 Å². The van der Waals surface area contributed by atoms with Gasteiger partial charge in [-0.05, 0) is 19.2 Å². The van der Waals surface area contributed by atoms with E-state index < -0.39 is 0 Å². The van der Waals surface area contributed by atoms with Gasteiger partial charge in [0, 0.05) is 44.5 Å². The smallest absolute Gasteiger partial charge is 0.245 e. The highest BCUT2D eigenvalue weighted by Crippen LogP contribution is 2.39. The third kappa shape index (κ3) is 4.05. The molecule has 1 fully saturated rings. The second kappa shape index (κ2) is 9.10. The van der Waals surface area contributed by atoms with E-state index in [9.17, 15) is 0 Å². The molecule has 0 unspecified atom stereocenters. The number of imidazole rings is 1. The fourth-order valence-corrected chi connectivity index (χ4v) is 4.02. The first-order valence-electron chi connectivity index (χ1n) is 11.0. The molecule has 11 heteroatoms. The summed E-state index contributed by atoms with van der Waals surface area (Å²) in [7, 11) is 6.90. The van der Waals surface area contributed by atoms with Gasteiger partial charge in [-0.1, -0.05) is 0 Å². The minimum atomic E-state index is 0.542. The van der Waals surface area contributed by atoms with E-state index in [1.165, 1.54) is 0 Å². The maximum absolute atomic E-state index is 5.48. The summed E-state index contributed by atoms with van der Waals surface area (Å²) in [6.07, 6.45) is 5.54. The van der Waals surface area contributed by atoms with Crippen molar-refractivity contribution in [3.8, 4) is 22.9 Å². The number of piperazine rings is 1. The van der Waals surface area contributed by atoms with Crippen LogP contribution in [0.2, 0.25) is 0 Å². The quantitative estimate of drug-likeness (QED) is 0.442. The number of rotatable bonds is 7. The van der Waals surface area contributed by atoms with E-state index in [2.05, 4.69) is 27.1 Å². The van der Waals surface area contributed by atoms with Crippen molar-refractivity contribution < 1.29 is 14.2 Å². The van der Waals surface area contributed by atoms with Crippen LogP contribution in [0.4, 0.5) is 17.6 Å². The molecule has 3 aromatic heterocycles. The molecular formula is C23H28N8O3.